The van der Waals surface area contributed by atoms with E-state index in [4.69, 9.17) is 14.2 Å². The molecule has 0 aliphatic carbocycles. The molecule has 0 aliphatic heterocycles. The quantitative estimate of drug-likeness (QED) is 0.774. The van der Waals surface area contributed by atoms with E-state index in [1.807, 2.05) is 26.8 Å². The number of ether oxygens (including phenoxy) is 3. The second-order valence-corrected chi connectivity index (χ2v) is 4.53. The van der Waals surface area contributed by atoms with Crippen LogP contribution in [0.5, 0.6) is 5.88 Å². The Morgan fingerprint density at radius 3 is 2.58 bits per heavy atom. The van der Waals surface area contributed by atoms with E-state index in [9.17, 15) is 0 Å². The number of nitrogens with one attached hydrogen (secondary N) is 1. The van der Waals surface area contributed by atoms with Gasteiger partial charge in [-0.25, -0.2) is 4.98 Å². The summed E-state index contributed by atoms with van der Waals surface area (Å²) in [6, 6.07) is 1.81. The molecule has 0 amide bonds. The first-order valence-corrected chi connectivity index (χ1v) is 6.33. The molecule has 108 valence electrons. The van der Waals surface area contributed by atoms with Crippen molar-refractivity contribution in [1.29, 1.82) is 0 Å². The molecule has 0 fully saturated rings. The Balaban J connectivity index is 2.64. The van der Waals surface area contributed by atoms with Crippen LogP contribution in [0, 0.1) is 6.92 Å². The van der Waals surface area contributed by atoms with Gasteiger partial charge in [-0.15, -0.1) is 0 Å². The highest BCUT2D eigenvalue weighted by Gasteiger charge is 2.09. The maximum atomic E-state index is 5.57. The molecule has 1 heterocycles. The highest BCUT2D eigenvalue weighted by molar-refractivity contribution is 5.30. The van der Waals surface area contributed by atoms with E-state index in [-0.39, 0.29) is 12.2 Å². The van der Waals surface area contributed by atoms with Crippen LogP contribution in [0.15, 0.2) is 6.07 Å². The first kappa shape index (κ1) is 15.7. The Kier molecular flexibility index (Phi) is 6.52. The number of anilines is 1. The van der Waals surface area contributed by atoms with Crippen LogP contribution in [-0.4, -0.2) is 49.5 Å². The first-order chi connectivity index (χ1) is 9.05. The highest BCUT2D eigenvalue weighted by atomic mass is 16.5. The molecule has 0 spiro atoms. The summed E-state index contributed by atoms with van der Waals surface area (Å²) in [6.45, 7) is 6.93. The zero-order valence-corrected chi connectivity index (χ0v) is 12.3. The van der Waals surface area contributed by atoms with Crippen molar-refractivity contribution >= 4 is 5.95 Å². The van der Waals surface area contributed by atoms with Crippen molar-refractivity contribution in [2.24, 2.45) is 0 Å². The van der Waals surface area contributed by atoms with Crippen molar-refractivity contribution in [2.75, 3.05) is 32.7 Å². The van der Waals surface area contributed by atoms with Gasteiger partial charge in [0.15, 0.2) is 0 Å². The SMILES string of the molecule is COCC(CNc1nc(C)cc(OC(C)C)n1)OC. The van der Waals surface area contributed by atoms with Crippen molar-refractivity contribution in [3.63, 3.8) is 0 Å². The minimum Gasteiger partial charge on any atom is -0.475 e. The Morgan fingerprint density at radius 2 is 2.00 bits per heavy atom. The summed E-state index contributed by atoms with van der Waals surface area (Å²) >= 11 is 0. The van der Waals surface area contributed by atoms with Crippen LogP contribution in [0.3, 0.4) is 0 Å². The van der Waals surface area contributed by atoms with Gasteiger partial charge in [-0.05, 0) is 20.8 Å². The lowest BCUT2D eigenvalue weighted by molar-refractivity contribution is 0.0364. The van der Waals surface area contributed by atoms with Crippen LogP contribution < -0.4 is 10.1 Å². The smallest absolute Gasteiger partial charge is 0.226 e. The second kappa shape index (κ2) is 7.91. The van der Waals surface area contributed by atoms with Crippen molar-refractivity contribution in [1.82, 2.24) is 9.97 Å². The predicted octanol–water partition coefficient (Wildman–Crippen LogP) is 1.65. The average Bonchev–Trinajstić information content (AvgIpc) is 2.33. The monoisotopic (exact) mass is 269 g/mol. The summed E-state index contributed by atoms with van der Waals surface area (Å²) in [5, 5.41) is 3.13. The normalized spacial score (nSPS) is 12.5. The molecule has 0 saturated carbocycles. The highest BCUT2D eigenvalue weighted by Crippen LogP contribution is 2.13. The van der Waals surface area contributed by atoms with E-state index in [0.717, 1.165) is 5.69 Å². The molecule has 0 bridgehead atoms. The van der Waals surface area contributed by atoms with Crippen molar-refractivity contribution < 1.29 is 14.2 Å². The van der Waals surface area contributed by atoms with Crippen LogP contribution in [0.1, 0.15) is 19.5 Å². The fraction of sp³-hybridized carbons (Fsp3) is 0.692. The molecular weight excluding hydrogens is 246 g/mol. The summed E-state index contributed by atoms with van der Waals surface area (Å²) in [5.41, 5.74) is 0.855. The molecule has 6 heteroatoms. The Hall–Kier alpha value is -1.40. The molecule has 1 rings (SSSR count). The van der Waals surface area contributed by atoms with Gasteiger partial charge in [-0.1, -0.05) is 0 Å². The number of hydrogen-bond acceptors (Lipinski definition) is 6. The predicted molar refractivity (Wildman–Crippen MR) is 73.7 cm³/mol. The maximum Gasteiger partial charge on any atom is 0.226 e. The Morgan fingerprint density at radius 1 is 1.26 bits per heavy atom. The molecule has 6 nitrogen and oxygen atoms in total. The van der Waals surface area contributed by atoms with Gasteiger partial charge in [0.2, 0.25) is 11.8 Å². The van der Waals surface area contributed by atoms with Gasteiger partial charge in [-0.2, -0.15) is 4.98 Å². The molecule has 0 saturated heterocycles. The van der Waals surface area contributed by atoms with Gasteiger partial charge in [0.1, 0.15) is 0 Å². The molecule has 1 aromatic rings. The third-order valence-corrected chi connectivity index (χ3v) is 2.36. The lowest BCUT2D eigenvalue weighted by atomic mass is 10.4. The van der Waals surface area contributed by atoms with E-state index >= 15 is 0 Å². The van der Waals surface area contributed by atoms with Crippen LogP contribution in [0.4, 0.5) is 5.95 Å². The van der Waals surface area contributed by atoms with Crippen molar-refractivity contribution in [2.45, 2.75) is 33.0 Å². The molecule has 1 unspecified atom stereocenters. The van der Waals surface area contributed by atoms with Crippen LogP contribution >= 0.6 is 0 Å². The fourth-order valence-electron chi connectivity index (χ4n) is 1.52. The van der Waals surface area contributed by atoms with Gasteiger partial charge in [0, 0.05) is 32.5 Å². The average molecular weight is 269 g/mol. The van der Waals surface area contributed by atoms with Crippen LogP contribution in [0.25, 0.3) is 0 Å². The lowest BCUT2D eigenvalue weighted by Gasteiger charge is -2.16. The van der Waals surface area contributed by atoms with E-state index < -0.39 is 0 Å². The zero-order chi connectivity index (χ0) is 14.3. The molecule has 1 aromatic heterocycles. The summed E-state index contributed by atoms with van der Waals surface area (Å²) in [5.74, 6) is 1.11. The number of nitrogens with zero attached hydrogens (tertiary/aromatic N) is 2. The van der Waals surface area contributed by atoms with Gasteiger partial charge >= 0.3 is 0 Å². The Labute approximate surface area is 114 Å². The summed E-state index contributed by atoms with van der Waals surface area (Å²) < 4.78 is 15.9. The van der Waals surface area contributed by atoms with Gasteiger partial charge in [-0.3, -0.25) is 0 Å². The third kappa shape index (κ3) is 5.85. The number of aryl methyl sites for hydroxylation is 1. The number of rotatable bonds is 8. The van der Waals surface area contributed by atoms with Crippen molar-refractivity contribution in [3.05, 3.63) is 11.8 Å². The lowest BCUT2D eigenvalue weighted by Crippen LogP contribution is -2.27. The molecular formula is C13H23N3O3. The van der Waals surface area contributed by atoms with Crippen LogP contribution in [-0.2, 0) is 9.47 Å². The molecule has 1 N–H and O–H groups in total. The Bertz CT molecular complexity index is 385. The standard InChI is InChI=1S/C13H23N3O3/c1-9(2)19-12-6-10(3)15-13(16-12)14-7-11(18-5)8-17-4/h6,9,11H,7-8H2,1-5H3,(H,14,15,16). The zero-order valence-electron chi connectivity index (χ0n) is 12.3. The van der Waals surface area contributed by atoms with E-state index in [1.54, 1.807) is 14.2 Å². The number of hydrogen-bond donors (Lipinski definition) is 1. The van der Waals surface area contributed by atoms with Crippen molar-refractivity contribution in [3.8, 4) is 5.88 Å². The van der Waals surface area contributed by atoms with E-state index in [2.05, 4.69) is 15.3 Å². The van der Waals surface area contributed by atoms with Gasteiger partial charge in [0.25, 0.3) is 0 Å². The van der Waals surface area contributed by atoms with E-state index in [0.29, 0.717) is 25.0 Å². The summed E-state index contributed by atoms with van der Waals surface area (Å²) in [7, 11) is 3.29. The topological polar surface area (TPSA) is 65.5 Å². The molecule has 0 aliphatic rings. The molecule has 0 radical (unpaired) electrons. The molecule has 19 heavy (non-hydrogen) atoms. The maximum absolute atomic E-state index is 5.57. The third-order valence-electron chi connectivity index (χ3n) is 2.36. The molecule has 0 aromatic carbocycles. The first-order valence-electron chi connectivity index (χ1n) is 6.33. The number of methoxy groups -OCH3 is 2. The fourth-order valence-corrected chi connectivity index (χ4v) is 1.52. The van der Waals surface area contributed by atoms with Gasteiger partial charge < -0.3 is 19.5 Å². The molecule has 1 atom stereocenters. The largest absolute Gasteiger partial charge is 0.475 e. The second-order valence-electron chi connectivity index (χ2n) is 4.53. The summed E-state index contributed by atoms with van der Waals surface area (Å²) in [6.07, 6.45) is 0.0472. The minimum atomic E-state index is -0.0384. The van der Waals surface area contributed by atoms with Gasteiger partial charge in [0.05, 0.1) is 18.8 Å². The number of aromatic nitrogens is 2. The van der Waals surface area contributed by atoms with E-state index in [1.165, 1.54) is 0 Å². The van der Waals surface area contributed by atoms with Crippen LogP contribution in [0.2, 0.25) is 0 Å². The minimum absolute atomic E-state index is 0.0384. The summed E-state index contributed by atoms with van der Waals surface area (Å²) in [4.78, 5) is 8.61.